The summed E-state index contributed by atoms with van der Waals surface area (Å²) in [5.41, 5.74) is 5.83. The van der Waals surface area contributed by atoms with Crippen LogP contribution in [0, 0.1) is 6.92 Å². The van der Waals surface area contributed by atoms with E-state index in [4.69, 9.17) is 17.4 Å². The third-order valence-corrected chi connectivity index (χ3v) is 4.27. The first-order valence-corrected chi connectivity index (χ1v) is 6.95. The van der Waals surface area contributed by atoms with Gasteiger partial charge in [0, 0.05) is 19.7 Å². The van der Waals surface area contributed by atoms with Gasteiger partial charge in [0.1, 0.15) is 5.15 Å². The smallest absolute Gasteiger partial charge is 0.129 e. The largest absolute Gasteiger partial charge is 0.271 e. The molecule has 0 fully saturated rings. The minimum atomic E-state index is -0.0455. The third kappa shape index (κ3) is 3.14. The van der Waals surface area contributed by atoms with Gasteiger partial charge in [-0.3, -0.25) is 16.0 Å². The predicted molar refractivity (Wildman–Crippen MR) is 78.7 cm³/mol. The maximum atomic E-state index is 5.79. The number of aromatic nitrogens is 3. The maximum Gasteiger partial charge on any atom is 0.129 e. The van der Waals surface area contributed by atoms with Crippen molar-refractivity contribution in [2.24, 2.45) is 12.9 Å². The molecule has 102 valence electrons. The fraction of sp³-hybridized carbons (Fsp3) is 0.333. The molecule has 2 aromatic rings. The highest BCUT2D eigenvalue weighted by Gasteiger charge is 2.17. The van der Waals surface area contributed by atoms with Gasteiger partial charge in [0.15, 0.2) is 0 Å². The number of nitrogens with zero attached hydrogens (tertiary/aromatic N) is 3. The van der Waals surface area contributed by atoms with Gasteiger partial charge in [0.05, 0.1) is 21.9 Å². The Balaban J connectivity index is 2.26. The minimum absolute atomic E-state index is 0.0455. The fourth-order valence-electron chi connectivity index (χ4n) is 1.96. The van der Waals surface area contributed by atoms with E-state index in [-0.39, 0.29) is 6.04 Å². The van der Waals surface area contributed by atoms with Crippen LogP contribution in [0.3, 0.4) is 0 Å². The second-order valence-electron chi connectivity index (χ2n) is 4.31. The van der Waals surface area contributed by atoms with Crippen molar-refractivity contribution in [3.63, 3.8) is 0 Å². The van der Waals surface area contributed by atoms with Gasteiger partial charge in [-0.1, -0.05) is 17.7 Å². The lowest BCUT2D eigenvalue weighted by molar-refractivity contribution is 0.527. The van der Waals surface area contributed by atoms with Crippen molar-refractivity contribution >= 4 is 27.5 Å². The molecule has 2 aromatic heterocycles. The molecule has 0 aliphatic rings. The topological polar surface area (TPSA) is 68.8 Å². The lowest BCUT2D eigenvalue weighted by Crippen LogP contribution is -2.30. The Kier molecular flexibility index (Phi) is 4.57. The van der Waals surface area contributed by atoms with Crippen LogP contribution < -0.4 is 11.3 Å². The highest BCUT2D eigenvalue weighted by Crippen LogP contribution is 2.25. The van der Waals surface area contributed by atoms with E-state index < -0.39 is 0 Å². The van der Waals surface area contributed by atoms with Crippen LogP contribution in [0.4, 0.5) is 0 Å². The molecule has 0 radical (unpaired) electrons. The zero-order valence-corrected chi connectivity index (χ0v) is 13.0. The predicted octanol–water partition coefficient (Wildman–Crippen LogP) is 2.29. The van der Waals surface area contributed by atoms with Crippen molar-refractivity contribution in [2.75, 3.05) is 0 Å². The molecule has 5 nitrogen and oxygen atoms in total. The van der Waals surface area contributed by atoms with Crippen LogP contribution in [-0.4, -0.2) is 14.8 Å². The molecule has 0 amide bonds. The van der Waals surface area contributed by atoms with Crippen molar-refractivity contribution < 1.29 is 0 Å². The Morgan fingerprint density at radius 3 is 2.74 bits per heavy atom. The molecule has 0 saturated heterocycles. The first-order chi connectivity index (χ1) is 9.02. The van der Waals surface area contributed by atoms with E-state index in [0.29, 0.717) is 11.6 Å². The molecule has 0 aliphatic heterocycles. The van der Waals surface area contributed by atoms with E-state index in [2.05, 4.69) is 31.4 Å². The van der Waals surface area contributed by atoms with E-state index in [9.17, 15) is 0 Å². The number of rotatable bonds is 4. The van der Waals surface area contributed by atoms with E-state index in [1.54, 1.807) is 12.3 Å². The summed E-state index contributed by atoms with van der Waals surface area (Å²) in [7, 11) is 1.92. The number of hydrazine groups is 1. The van der Waals surface area contributed by atoms with E-state index in [1.165, 1.54) is 0 Å². The highest BCUT2D eigenvalue weighted by atomic mass is 79.9. The summed E-state index contributed by atoms with van der Waals surface area (Å²) in [6.45, 7) is 1.96. The Bertz CT molecular complexity index is 566. The molecule has 0 saturated carbocycles. The zero-order chi connectivity index (χ0) is 14.0. The van der Waals surface area contributed by atoms with Crippen molar-refractivity contribution in [1.29, 1.82) is 0 Å². The van der Waals surface area contributed by atoms with Crippen molar-refractivity contribution in [2.45, 2.75) is 19.4 Å². The third-order valence-electron chi connectivity index (χ3n) is 3.01. The molecule has 1 atom stereocenters. The molecule has 0 aromatic carbocycles. The SMILES string of the molecule is Cc1nn(C)c(CC(NN)c2ccc(Cl)nc2)c1Br. The zero-order valence-electron chi connectivity index (χ0n) is 10.7. The Hall–Kier alpha value is -0.950. The maximum absolute atomic E-state index is 5.79. The number of aryl methyl sites for hydroxylation is 2. The van der Waals surface area contributed by atoms with Gasteiger partial charge in [0.2, 0.25) is 0 Å². The second kappa shape index (κ2) is 6.00. The van der Waals surface area contributed by atoms with Crippen LogP contribution in [0.2, 0.25) is 5.15 Å². The quantitative estimate of drug-likeness (QED) is 0.507. The molecule has 0 bridgehead atoms. The van der Waals surface area contributed by atoms with Crippen LogP contribution >= 0.6 is 27.5 Å². The summed E-state index contributed by atoms with van der Waals surface area (Å²) in [5.74, 6) is 5.64. The molecular weight excluding hydrogens is 330 g/mol. The number of hydrogen-bond acceptors (Lipinski definition) is 4. The van der Waals surface area contributed by atoms with Gasteiger partial charge < -0.3 is 0 Å². The van der Waals surface area contributed by atoms with E-state index >= 15 is 0 Å². The molecule has 2 rings (SSSR count). The summed E-state index contributed by atoms with van der Waals surface area (Å²) in [5, 5.41) is 4.84. The van der Waals surface area contributed by atoms with Gasteiger partial charge >= 0.3 is 0 Å². The van der Waals surface area contributed by atoms with E-state index in [1.807, 2.05) is 24.7 Å². The average molecular weight is 345 g/mol. The van der Waals surface area contributed by atoms with Crippen molar-refractivity contribution in [1.82, 2.24) is 20.2 Å². The number of hydrogen-bond donors (Lipinski definition) is 2. The molecule has 2 heterocycles. The van der Waals surface area contributed by atoms with Gasteiger partial charge in [-0.2, -0.15) is 5.10 Å². The van der Waals surface area contributed by atoms with Gasteiger partial charge in [0.25, 0.3) is 0 Å². The summed E-state index contributed by atoms with van der Waals surface area (Å²) in [6, 6.07) is 3.62. The molecule has 7 heteroatoms. The van der Waals surface area contributed by atoms with Crippen molar-refractivity contribution in [3.8, 4) is 0 Å². The van der Waals surface area contributed by atoms with Crippen LogP contribution in [0.15, 0.2) is 22.8 Å². The van der Waals surface area contributed by atoms with Crippen LogP contribution in [0.1, 0.15) is 23.0 Å². The summed E-state index contributed by atoms with van der Waals surface area (Å²) >= 11 is 9.34. The molecule has 0 aliphatic carbocycles. The Morgan fingerprint density at radius 2 is 2.26 bits per heavy atom. The number of halogens is 2. The molecule has 19 heavy (non-hydrogen) atoms. The first kappa shape index (κ1) is 14.5. The minimum Gasteiger partial charge on any atom is -0.271 e. The standard InChI is InChI=1S/C12H15BrClN5/c1-7-12(13)10(19(2)18-7)5-9(17-15)8-3-4-11(14)16-6-8/h3-4,6,9,17H,5,15H2,1-2H3. The molecular formula is C12H15BrClN5. The van der Waals surface area contributed by atoms with Gasteiger partial charge in [-0.25, -0.2) is 4.98 Å². The van der Waals surface area contributed by atoms with Crippen molar-refractivity contribution in [3.05, 3.63) is 44.9 Å². The summed E-state index contributed by atoms with van der Waals surface area (Å²) < 4.78 is 2.87. The molecule has 0 spiro atoms. The van der Waals surface area contributed by atoms with Crippen LogP contribution in [0.25, 0.3) is 0 Å². The molecule has 1 unspecified atom stereocenters. The Morgan fingerprint density at radius 1 is 1.53 bits per heavy atom. The van der Waals surface area contributed by atoms with Crippen LogP contribution in [0.5, 0.6) is 0 Å². The van der Waals surface area contributed by atoms with E-state index in [0.717, 1.165) is 21.4 Å². The Labute approximate surface area is 125 Å². The highest BCUT2D eigenvalue weighted by molar-refractivity contribution is 9.10. The second-order valence-corrected chi connectivity index (χ2v) is 5.49. The monoisotopic (exact) mass is 343 g/mol. The van der Waals surface area contributed by atoms with Gasteiger partial charge in [-0.05, 0) is 34.5 Å². The lowest BCUT2D eigenvalue weighted by Gasteiger charge is -2.16. The van der Waals surface area contributed by atoms with Gasteiger partial charge in [-0.15, -0.1) is 0 Å². The lowest BCUT2D eigenvalue weighted by atomic mass is 10.0. The average Bonchev–Trinajstić information content (AvgIpc) is 2.63. The number of nitrogens with one attached hydrogen (secondary N) is 1. The number of nitrogens with two attached hydrogens (primary N) is 1. The summed E-state index contributed by atoms with van der Waals surface area (Å²) in [6.07, 6.45) is 2.43. The summed E-state index contributed by atoms with van der Waals surface area (Å²) in [4.78, 5) is 4.08. The number of pyridine rings is 1. The fourth-order valence-corrected chi connectivity index (χ4v) is 2.57. The normalized spacial score (nSPS) is 12.7. The van der Waals surface area contributed by atoms with Crippen LogP contribution in [-0.2, 0) is 13.5 Å². The molecule has 3 N–H and O–H groups in total. The first-order valence-electron chi connectivity index (χ1n) is 5.78.